The molecule has 0 radical (unpaired) electrons. The molecule has 6 atom stereocenters. The molecular weight excluding hydrogens is 723 g/mol. The van der Waals surface area contributed by atoms with Gasteiger partial charge in [0.25, 0.3) is 0 Å². The fourth-order valence-corrected chi connectivity index (χ4v) is 6.92. The van der Waals surface area contributed by atoms with E-state index in [9.17, 15) is 24.0 Å². The molecule has 14 heteroatoms. The number of nitrogens with one attached hydrogen (secondary N) is 7. The molecule has 0 saturated carbocycles. The number of aromatic amines is 1. The number of hydrogen-bond donors (Lipinski definition) is 8. The number of rotatable bonds is 21. The monoisotopic (exact) mass is 777 g/mol. The van der Waals surface area contributed by atoms with E-state index in [0.29, 0.717) is 25.0 Å². The summed E-state index contributed by atoms with van der Waals surface area (Å²) in [4.78, 5) is 74.9. The average molecular weight is 778 g/mol. The van der Waals surface area contributed by atoms with Crippen molar-refractivity contribution >= 4 is 29.5 Å². The number of nitrogens with two attached hydrogens (primary N) is 1. The van der Waals surface area contributed by atoms with E-state index in [0.717, 1.165) is 29.7 Å². The van der Waals surface area contributed by atoms with E-state index < -0.39 is 59.9 Å². The summed E-state index contributed by atoms with van der Waals surface area (Å²) >= 11 is 0. The van der Waals surface area contributed by atoms with E-state index in [1.54, 1.807) is 6.20 Å². The second kappa shape index (κ2) is 21.4. The standard InChI is InChI=1S/C43H55N9O5/c1-28(2)38(39(44)53)52-41(55)35(22-30-15-8-4-9-16-30)47-26-33(21-29-13-6-3-7-14-29)49-42(56)37(24-32-25-45-27-48-32)51-43(57)36(23-31-17-10-5-11-18-31)50-40(54)34-19-12-20-46-34/h3-11,13-18,25,27-28,33-38,46-47H,12,19-24,26H2,1-2H3,(H2,44,53)(H,45,48)(H,49,56)(H,50,54)(H,51,57)(H,52,55)/t33-,34-,35-,36-,37-,38-/m0/s1. The number of carbonyl (C=O) groups excluding carboxylic acids is 5. The summed E-state index contributed by atoms with van der Waals surface area (Å²) in [5.74, 6) is -2.48. The van der Waals surface area contributed by atoms with Crippen molar-refractivity contribution in [3.05, 3.63) is 126 Å². The van der Waals surface area contributed by atoms with E-state index in [1.807, 2.05) is 105 Å². The van der Waals surface area contributed by atoms with Crippen molar-refractivity contribution in [3.8, 4) is 0 Å². The fraction of sp³-hybridized carbons (Fsp3) is 0.395. The molecule has 1 fully saturated rings. The number of aromatic nitrogens is 2. The highest BCUT2D eigenvalue weighted by Gasteiger charge is 2.32. The third kappa shape index (κ3) is 13.4. The van der Waals surface area contributed by atoms with E-state index >= 15 is 0 Å². The topological polar surface area (TPSA) is 212 Å². The molecule has 9 N–H and O–H groups in total. The third-order valence-corrected chi connectivity index (χ3v) is 10.1. The first kappa shape index (κ1) is 42.3. The summed E-state index contributed by atoms with van der Waals surface area (Å²) < 4.78 is 0. The molecule has 1 aliphatic rings. The van der Waals surface area contributed by atoms with Crippen molar-refractivity contribution < 1.29 is 24.0 Å². The van der Waals surface area contributed by atoms with Gasteiger partial charge in [-0.3, -0.25) is 24.0 Å². The molecule has 0 bridgehead atoms. The van der Waals surface area contributed by atoms with Crippen LogP contribution in [0.1, 0.15) is 49.1 Å². The minimum absolute atomic E-state index is 0.0992. The van der Waals surface area contributed by atoms with Crippen LogP contribution in [0, 0.1) is 5.92 Å². The number of benzene rings is 3. The van der Waals surface area contributed by atoms with Crippen molar-refractivity contribution in [2.45, 2.75) is 88.6 Å². The normalized spacial score (nSPS) is 16.4. The van der Waals surface area contributed by atoms with Crippen molar-refractivity contribution in [1.82, 2.24) is 41.9 Å². The lowest BCUT2D eigenvalue weighted by molar-refractivity contribution is -0.132. The highest BCUT2D eigenvalue weighted by Crippen LogP contribution is 2.11. The van der Waals surface area contributed by atoms with Gasteiger partial charge >= 0.3 is 0 Å². The van der Waals surface area contributed by atoms with E-state index in [-0.39, 0.29) is 31.2 Å². The zero-order valence-electron chi connectivity index (χ0n) is 32.6. The number of nitrogens with zero attached hydrogens (tertiary/aromatic N) is 1. The Labute approximate surface area is 334 Å². The smallest absolute Gasteiger partial charge is 0.243 e. The molecule has 2 heterocycles. The number of H-pyrrole nitrogens is 1. The van der Waals surface area contributed by atoms with Gasteiger partial charge in [0.2, 0.25) is 29.5 Å². The van der Waals surface area contributed by atoms with Gasteiger partial charge in [0, 0.05) is 37.3 Å². The number of primary amides is 1. The molecule has 5 amide bonds. The molecule has 1 saturated heterocycles. The Morgan fingerprint density at radius 1 is 0.702 bits per heavy atom. The number of carbonyl (C=O) groups is 5. The van der Waals surface area contributed by atoms with Crippen molar-refractivity contribution in [2.24, 2.45) is 11.7 Å². The molecule has 3 aromatic carbocycles. The molecular formula is C43H55N9O5. The average Bonchev–Trinajstić information content (AvgIpc) is 3.94. The molecule has 5 rings (SSSR count). The Hall–Kier alpha value is -5.86. The third-order valence-electron chi connectivity index (χ3n) is 10.1. The molecule has 1 aliphatic heterocycles. The van der Waals surface area contributed by atoms with Gasteiger partial charge in [0.1, 0.15) is 18.1 Å². The largest absolute Gasteiger partial charge is 0.368 e. The fourth-order valence-electron chi connectivity index (χ4n) is 6.92. The first-order chi connectivity index (χ1) is 27.5. The van der Waals surface area contributed by atoms with Crippen LogP contribution in [0.4, 0.5) is 0 Å². The Morgan fingerprint density at radius 3 is 1.77 bits per heavy atom. The van der Waals surface area contributed by atoms with Crippen LogP contribution in [0.25, 0.3) is 0 Å². The minimum atomic E-state index is -1.05. The highest BCUT2D eigenvalue weighted by atomic mass is 16.2. The lowest BCUT2D eigenvalue weighted by Gasteiger charge is -2.28. The second-order valence-corrected chi connectivity index (χ2v) is 14.9. The Morgan fingerprint density at radius 2 is 1.25 bits per heavy atom. The molecule has 14 nitrogen and oxygen atoms in total. The Bertz CT molecular complexity index is 1870. The summed E-state index contributed by atoms with van der Waals surface area (Å²) in [6, 6.07) is 23.9. The van der Waals surface area contributed by atoms with Gasteiger partial charge in [-0.25, -0.2) is 4.98 Å². The maximum atomic E-state index is 14.4. The summed E-state index contributed by atoms with van der Waals surface area (Å²) in [5.41, 5.74) is 8.97. The van der Waals surface area contributed by atoms with Crippen LogP contribution >= 0.6 is 0 Å². The summed E-state index contributed by atoms with van der Waals surface area (Å²) in [7, 11) is 0. The van der Waals surface area contributed by atoms with Crippen molar-refractivity contribution in [3.63, 3.8) is 0 Å². The summed E-state index contributed by atoms with van der Waals surface area (Å²) in [6.45, 7) is 4.51. The number of imidazole rings is 1. The highest BCUT2D eigenvalue weighted by molar-refractivity contribution is 5.93. The molecule has 1 aromatic heterocycles. The molecule has 0 spiro atoms. The summed E-state index contributed by atoms with van der Waals surface area (Å²) in [6.07, 6.45) is 5.67. The van der Waals surface area contributed by atoms with E-state index in [2.05, 4.69) is 41.9 Å². The van der Waals surface area contributed by atoms with Gasteiger partial charge in [-0.05, 0) is 54.8 Å². The van der Waals surface area contributed by atoms with Gasteiger partial charge in [0.05, 0.1) is 18.4 Å². The molecule has 0 unspecified atom stereocenters. The predicted molar refractivity (Wildman–Crippen MR) is 217 cm³/mol. The lowest BCUT2D eigenvalue weighted by Crippen LogP contribution is -2.59. The predicted octanol–water partition coefficient (Wildman–Crippen LogP) is 1.47. The second-order valence-electron chi connectivity index (χ2n) is 14.9. The molecule has 0 aliphatic carbocycles. The van der Waals surface area contributed by atoms with Crippen LogP contribution in [0.5, 0.6) is 0 Å². The van der Waals surface area contributed by atoms with Crippen LogP contribution < -0.4 is 37.6 Å². The maximum Gasteiger partial charge on any atom is 0.243 e. The zero-order chi connectivity index (χ0) is 40.6. The maximum absolute atomic E-state index is 14.4. The van der Waals surface area contributed by atoms with Gasteiger partial charge in [-0.15, -0.1) is 0 Å². The first-order valence-electron chi connectivity index (χ1n) is 19.6. The quantitative estimate of drug-likeness (QED) is 0.0620. The number of hydrogen-bond acceptors (Lipinski definition) is 8. The van der Waals surface area contributed by atoms with Gasteiger partial charge < -0.3 is 42.6 Å². The van der Waals surface area contributed by atoms with Crippen LogP contribution in [0.3, 0.4) is 0 Å². The lowest BCUT2D eigenvalue weighted by atomic mass is 10.00. The van der Waals surface area contributed by atoms with Crippen LogP contribution in [0.15, 0.2) is 104 Å². The zero-order valence-corrected chi connectivity index (χ0v) is 32.6. The van der Waals surface area contributed by atoms with E-state index in [1.165, 1.54) is 6.33 Å². The van der Waals surface area contributed by atoms with Crippen LogP contribution in [-0.2, 0) is 49.7 Å². The summed E-state index contributed by atoms with van der Waals surface area (Å²) in [5, 5.41) is 18.4. The minimum Gasteiger partial charge on any atom is -0.368 e. The first-order valence-corrected chi connectivity index (χ1v) is 19.6. The molecule has 302 valence electrons. The van der Waals surface area contributed by atoms with Crippen molar-refractivity contribution in [1.29, 1.82) is 0 Å². The van der Waals surface area contributed by atoms with Gasteiger partial charge in [0.15, 0.2) is 0 Å². The van der Waals surface area contributed by atoms with Gasteiger partial charge in [-0.1, -0.05) is 105 Å². The van der Waals surface area contributed by atoms with Crippen molar-refractivity contribution in [2.75, 3.05) is 13.1 Å². The Kier molecular flexibility index (Phi) is 15.9. The molecule has 4 aromatic rings. The Balaban J connectivity index is 1.37. The molecule has 57 heavy (non-hydrogen) atoms. The van der Waals surface area contributed by atoms with Crippen LogP contribution in [-0.4, -0.2) is 88.8 Å². The number of amides is 5. The van der Waals surface area contributed by atoms with Crippen LogP contribution in [0.2, 0.25) is 0 Å². The van der Waals surface area contributed by atoms with E-state index in [4.69, 9.17) is 5.73 Å². The SMILES string of the molecule is CC(C)[C@H](NC(=O)[C@H](Cc1ccccc1)NC[C@H](Cc1ccccc1)NC(=O)[C@H](Cc1cnc[nH]1)NC(=O)[C@H](Cc1ccccc1)NC(=O)[C@@H]1CCCN1)C(N)=O. The van der Waals surface area contributed by atoms with Gasteiger partial charge in [-0.2, -0.15) is 0 Å².